The van der Waals surface area contributed by atoms with Gasteiger partial charge < -0.3 is 9.64 Å². The molecule has 2 aromatic rings. The van der Waals surface area contributed by atoms with Crippen LogP contribution in [0, 0.1) is 5.82 Å². The number of benzene rings is 2. The molecule has 22 heavy (non-hydrogen) atoms. The molecule has 0 radical (unpaired) electrons. The molecule has 0 bridgehead atoms. The fourth-order valence-corrected chi connectivity index (χ4v) is 2.91. The van der Waals surface area contributed by atoms with E-state index < -0.39 is 0 Å². The van der Waals surface area contributed by atoms with Crippen molar-refractivity contribution in [2.45, 2.75) is 19.3 Å². The summed E-state index contributed by atoms with van der Waals surface area (Å²) in [6.45, 7) is 0.566. The number of aryl methyl sites for hydroxylation is 1. The smallest absolute Gasteiger partial charge is 0.231 e. The van der Waals surface area contributed by atoms with Crippen LogP contribution >= 0.6 is 0 Å². The van der Waals surface area contributed by atoms with Crippen LogP contribution in [0.15, 0.2) is 42.5 Å². The minimum atomic E-state index is -0.323. The second-order valence-electron chi connectivity index (χ2n) is 5.42. The first kappa shape index (κ1) is 14.6. The minimum Gasteiger partial charge on any atom is -0.497 e. The molecule has 0 saturated heterocycles. The summed E-state index contributed by atoms with van der Waals surface area (Å²) in [5.74, 6) is 0.311. The monoisotopic (exact) mass is 299 g/mol. The maximum atomic E-state index is 14.1. The SMILES string of the molecule is COc1cccc(CC(=O)N2CCCc3cccc(F)c32)c1. The van der Waals surface area contributed by atoms with Gasteiger partial charge in [-0.2, -0.15) is 0 Å². The highest BCUT2D eigenvalue weighted by Crippen LogP contribution is 2.30. The van der Waals surface area contributed by atoms with E-state index in [0.717, 1.165) is 29.7 Å². The minimum absolute atomic E-state index is 0.0840. The lowest BCUT2D eigenvalue weighted by atomic mass is 10.0. The molecule has 1 aliphatic heterocycles. The number of nitrogens with zero attached hydrogens (tertiary/aromatic N) is 1. The lowest BCUT2D eigenvalue weighted by molar-refractivity contribution is -0.118. The van der Waals surface area contributed by atoms with Gasteiger partial charge in [-0.1, -0.05) is 24.3 Å². The standard InChI is InChI=1S/C18H18FNO2/c1-22-15-8-2-5-13(11-15)12-17(21)20-10-4-7-14-6-3-9-16(19)18(14)20/h2-3,5-6,8-9,11H,4,7,10,12H2,1H3. The van der Waals surface area contributed by atoms with Crippen LogP contribution in [0.2, 0.25) is 0 Å². The van der Waals surface area contributed by atoms with E-state index in [-0.39, 0.29) is 18.1 Å². The first-order chi connectivity index (χ1) is 10.7. The lowest BCUT2D eigenvalue weighted by Gasteiger charge is -2.30. The van der Waals surface area contributed by atoms with Crippen molar-refractivity contribution in [2.75, 3.05) is 18.6 Å². The van der Waals surface area contributed by atoms with Crippen LogP contribution in [0.3, 0.4) is 0 Å². The number of fused-ring (bicyclic) bond motifs is 1. The van der Waals surface area contributed by atoms with Gasteiger partial charge in [0.2, 0.25) is 5.91 Å². The number of para-hydroxylation sites is 1. The number of anilines is 1. The van der Waals surface area contributed by atoms with Crippen molar-refractivity contribution >= 4 is 11.6 Å². The van der Waals surface area contributed by atoms with Gasteiger partial charge in [0.05, 0.1) is 19.2 Å². The summed E-state index contributed by atoms with van der Waals surface area (Å²) in [6, 6.07) is 12.4. The van der Waals surface area contributed by atoms with E-state index in [2.05, 4.69) is 0 Å². The third-order valence-corrected chi connectivity index (χ3v) is 3.96. The number of carbonyl (C=O) groups excluding carboxylic acids is 1. The number of hydrogen-bond acceptors (Lipinski definition) is 2. The van der Waals surface area contributed by atoms with Crippen molar-refractivity contribution in [3.8, 4) is 5.75 Å². The van der Waals surface area contributed by atoms with Crippen molar-refractivity contribution in [3.05, 3.63) is 59.4 Å². The van der Waals surface area contributed by atoms with Crippen molar-refractivity contribution in [1.82, 2.24) is 0 Å². The van der Waals surface area contributed by atoms with Crippen LogP contribution in [0.1, 0.15) is 17.5 Å². The number of ether oxygens (including phenoxy) is 1. The summed E-state index contributed by atoms with van der Waals surface area (Å²) in [7, 11) is 1.59. The molecule has 2 aromatic carbocycles. The predicted octanol–water partition coefficient (Wildman–Crippen LogP) is 3.36. The number of rotatable bonds is 3. The van der Waals surface area contributed by atoms with Gasteiger partial charge in [0.1, 0.15) is 11.6 Å². The highest BCUT2D eigenvalue weighted by molar-refractivity contribution is 5.96. The predicted molar refractivity (Wildman–Crippen MR) is 83.8 cm³/mol. The molecule has 114 valence electrons. The first-order valence-electron chi connectivity index (χ1n) is 7.39. The number of amides is 1. The van der Waals surface area contributed by atoms with Gasteiger partial charge in [0, 0.05) is 6.54 Å². The Kier molecular flexibility index (Phi) is 4.09. The summed E-state index contributed by atoms with van der Waals surface area (Å²) >= 11 is 0. The Balaban J connectivity index is 1.85. The first-order valence-corrected chi connectivity index (χ1v) is 7.39. The highest BCUT2D eigenvalue weighted by Gasteiger charge is 2.25. The third-order valence-electron chi connectivity index (χ3n) is 3.96. The van der Waals surface area contributed by atoms with Gasteiger partial charge in [-0.3, -0.25) is 4.79 Å². The molecule has 1 heterocycles. The normalized spacial score (nSPS) is 13.6. The molecule has 0 atom stereocenters. The second kappa shape index (κ2) is 6.18. The number of carbonyl (C=O) groups is 1. The number of hydrogen-bond donors (Lipinski definition) is 0. The Labute approximate surface area is 129 Å². The molecular formula is C18H18FNO2. The van der Waals surface area contributed by atoms with Gasteiger partial charge in [0.15, 0.2) is 0 Å². The molecule has 0 N–H and O–H groups in total. The van der Waals surface area contributed by atoms with Crippen LogP contribution in [-0.2, 0) is 17.6 Å². The average molecular weight is 299 g/mol. The van der Waals surface area contributed by atoms with Crippen LogP contribution in [-0.4, -0.2) is 19.6 Å². The zero-order valence-electron chi connectivity index (χ0n) is 12.5. The second-order valence-corrected chi connectivity index (χ2v) is 5.42. The van der Waals surface area contributed by atoms with Crippen molar-refractivity contribution in [2.24, 2.45) is 0 Å². The molecule has 0 unspecified atom stereocenters. The molecular weight excluding hydrogens is 281 g/mol. The quantitative estimate of drug-likeness (QED) is 0.870. The maximum absolute atomic E-state index is 14.1. The van der Waals surface area contributed by atoms with Gasteiger partial charge in [-0.05, 0) is 42.2 Å². The molecule has 0 aromatic heterocycles. The summed E-state index contributed by atoms with van der Waals surface area (Å²) in [5, 5.41) is 0. The van der Waals surface area contributed by atoms with E-state index in [1.165, 1.54) is 6.07 Å². The Hall–Kier alpha value is -2.36. The van der Waals surface area contributed by atoms with Gasteiger partial charge in [-0.25, -0.2) is 4.39 Å². The fraction of sp³-hybridized carbons (Fsp3) is 0.278. The Bertz CT molecular complexity index is 699. The fourth-order valence-electron chi connectivity index (χ4n) is 2.91. The zero-order chi connectivity index (χ0) is 15.5. The number of halogens is 1. The van der Waals surface area contributed by atoms with E-state index in [1.54, 1.807) is 18.1 Å². The van der Waals surface area contributed by atoms with Crippen LogP contribution in [0.25, 0.3) is 0 Å². The lowest BCUT2D eigenvalue weighted by Crippen LogP contribution is -2.37. The van der Waals surface area contributed by atoms with E-state index >= 15 is 0 Å². The highest BCUT2D eigenvalue weighted by atomic mass is 19.1. The van der Waals surface area contributed by atoms with E-state index in [4.69, 9.17) is 4.74 Å². The van der Waals surface area contributed by atoms with Crippen LogP contribution in [0.5, 0.6) is 5.75 Å². The average Bonchev–Trinajstić information content (AvgIpc) is 2.55. The van der Waals surface area contributed by atoms with Gasteiger partial charge in [0.25, 0.3) is 0 Å². The molecule has 0 saturated carbocycles. The zero-order valence-corrected chi connectivity index (χ0v) is 12.5. The molecule has 1 aliphatic rings. The Morgan fingerprint density at radius 2 is 2.09 bits per heavy atom. The summed E-state index contributed by atoms with van der Waals surface area (Å²) < 4.78 is 19.3. The topological polar surface area (TPSA) is 29.5 Å². The molecule has 3 nitrogen and oxygen atoms in total. The summed E-state index contributed by atoms with van der Waals surface area (Å²) in [4.78, 5) is 14.2. The molecule has 4 heteroatoms. The largest absolute Gasteiger partial charge is 0.497 e. The molecule has 1 amide bonds. The van der Waals surface area contributed by atoms with Gasteiger partial charge in [-0.15, -0.1) is 0 Å². The van der Waals surface area contributed by atoms with E-state index in [1.807, 2.05) is 30.3 Å². The van der Waals surface area contributed by atoms with E-state index in [0.29, 0.717) is 12.2 Å². The third kappa shape index (κ3) is 2.82. The summed E-state index contributed by atoms with van der Waals surface area (Å²) in [6.07, 6.45) is 1.92. The van der Waals surface area contributed by atoms with Crippen molar-refractivity contribution in [1.29, 1.82) is 0 Å². The molecule has 0 fully saturated rings. The van der Waals surface area contributed by atoms with Gasteiger partial charge >= 0.3 is 0 Å². The number of methoxy groups -OCH3 is 1. The summed E-state index contributed by atoms with van der Waals surface area (Å²) in [5.41, 5.74) is 2.22. The molecule has 0 spiro atoms. The maximum Gasteiger partial charge on any atom is 0.231 e. The Morgan fingerprint density at radius 3 is 2.91 bits per heavy atom. The molecule has 0 aliphatic carbocycles. The van der Waals surface area contributed by atoms with Crippen LogP contribution in [0.4, 0.5) is 10.1 Å². The van der Waals surface area contributed by atoms with Crippen molar-refractivity contribution in [3.63, 3.8) is 0 Å². The molecule has 3 rings (SSSR count). The Morgan fingerprint density at radius 1 is 1.27 bits per heavy atom. The van der Waals surface area contributed by atoms with Crippen molar-refractivity contribution < 1.29 is 13.9 Å². The van der Waals surface area contributed by atoms with Crippen LogP contribution < -0.4 is 9.64 Å². The van der Waals surface area contributed by atoms with E-state index in [9.17, 15) is 9.18 Å².